The Hall–Kier alpha value is -1.42. The molecule has 0 amide bonds. The second-order valence-corrected chi connectivity index (χ2v) is 6.12. The molecule has 0 aromatic heterocycles. The van der Waals surface area contributed by atoms with Crippen LogP contribution in [0.1, 0.15) is 13.8 Å². The predicted molar refractivity (Wildman–Crippen MR) is 79.5 cm³/mol. The van der Waals surface area contributed by atoms with Gasteiger partial charge in [0.25, 0.3) is 0 Å². The van der Waals surface area contributed by atoms with E-state index in [2.05, 4.69) is 42.5 Å². The van der Waals surface area contributed by atoms with Crippen molar-refractivity contribution in [2.45, 2.75) is 13.8 Å². The lowest BCUT2D eigenvalue weighted by atomic mass is 9.81. The summed E-state index contributed by atoms with van der Waals surface area (Å²) in [5.41, 5.74) is 5.33. The highest BCUT2D eigenvalue weighted by Gasteiger charge is 2.30. The van der Waals surface area contributed by atoms with Crippen LogP contribution in [0.25, 0.3) is 22.3 Å². The first-order chi connectivity index (χ1) is 9.36. The number of hydrogen-bond acceptors (Lipinski definition) is 2. The van der Waals surface area contributed by atoms with Gasteiger partial charge in [-0.3, -0.25) is 0 Å². The summed E-state index contributed by atoms with van der Waals surface area (Å²) in [5, 5.41) is 1.24. The fourth-order valence-electron chi connectivity index (χ4n) is 2.57. The largest absolute Gasteiger partial charge is 0.424 e. The van der Waals surface area contributed by atoms with E-state index in [1.165, 1.54) is 27.4 Å². The standard InChI is InChI=1S/C16H17O2Si/c1-3-17-19(18-4-2)15-11-7-10-14-12-8-5-6-9-13(12)16(14)15/h5-11H,3-4H2,1-2H3. The lowest BCUT2D eigenvalue weighted by molar-refractivity contribution is 0.225. The first-order valence-corrected chi connectivity index (χ1v) is 8.04. The minimum absolute atomic E-state index is 0.694. The van der Waals surface area contributed by atoms with Crippen molar-refractivity contribution >= 4 is 14.5 Å². The Morgan fingerprint density at radius 2 is 1.42 bits per heavy atom. The molecule has 2 aromatic carbocycles. The monoisotopic (exact) mass is 269 g/mol. The number of hydrogen-bond donors (Lipinski definition) is 0. The van der Waals surface area contributed by atoms with Crippen LogP contribution >= 0.6 is 0 Å². The topological polar surface area (TPSA) is 18.5 Å². The van der Waals surface area contributed by atoms with Crippen LogP contribution in [0.15, 0.2) is 42.5 Å². The molecule has 1 aliphatic carbocycles. The van der Waals surface area contributed by atoms with Gasteiger partial charge in [0, 0.05) is 18.4 Å². The number of fused-ring (bicyclic) bond motifs is 4. The molecule has 2 nitrogen and oxygen atoms in total. The molecule has 0 N–H and O–H groups in total. The summed E-state index contributed by atoms with van der Waals surface area (Å²) < 4.78 is 11.7. The van der Waals surface area contributed by atoms with Gasteiger partial charge in [0.1, 0.15) is 0 Å². The van der Waals surface area contributed by atoms with E-state index in [9.17, 15) is 0 Å². The van der Waals surface area contributed by atoms with Crippen LogP contribution < -0.4 is 5.19 Å². The first kappa shape index (κ1) is 12.6. The minimum atomic E-state index is -1.37. The van der Waals surface area contributed by atoms with Gasteiger partial charge in [-0.2, -0.15) is 0 Å². The second-order valence-electron chi connectivity index (χ2n) is 4.43. The van der Waals surface area contributed by atoms with Crippen molar-refractivity contribution in [1.82, 2.24) is 0 Å². The molecule has 2 aromatic rings. The van der Waals surface area contributed by atoms with Gasteiger partial charge < -0.3 is 8.85 Å². The van der Waals surface area contributed by atoms with Crippen LogP contribution in [-0.4, -0.2) is 22.5 Å². The molecule has 0 spiro atoms. The summed E-state index contributed by atoms with van der Waals surface area (Å²) >= 11 is 0. The molecular formula is C16H17O2Si. The summed E-state index contributed by atoms with van der Waals surface area (Å²) in [7, 11) is -1.37. The van der Waals surface area contributed by atoms with E-state index in [4.69, 9.17) is 8.85 Å². The Bertz CT molecular complexity index is 589. The van der Waals surface area contributed by atoms with Gasteiger partial charge in [-0.05, 0) is 36.1 Å². The van der Waals surface area contributed by atoms with Crippen molar-refractivity contribution in [1.29, 1.82) is 0 Å². The summed E-state index contributed by atoms with van der Waals surface area (Å²) in [4.78, 5) is 0. The van der Waals surface area contributed by atoms with Crippen molar-refractivity contribution < 1.29 is 8.85 Å². The molecule has 0 heterocycles. The molecule has 0 aliphatic heterocycles. The van der Waals surface area contributed by atoms with E-state index in [0.717, 1.165) is 0 Å². The highest BCUT2D eigenvalue weighted by atomic mass is 28.3. The molecule has 3 rings (SSSR count). The van der Waals surface area contributed by atoms with Gasteiger partial charge in [-0.1, -0.05) is 42.5 Å². The van der Waals surface area contributed by atoms with E-state index in [1.807, 2.05) is 13.8 Å². The lowest BCUT2D eigenvalue weighted by Gasteiger charge is -2.28. The van der Waals surface area contributed by atoms with Gasteiger partial charge in [-0.25, -0.2) is 0 Å². The zero-order chi connectivity index (χ0) is 13.2. The van der Waals surface area contributed by atoms with Gasteiger partial charge in [0.15, 0.2) is 0 Å². The molecule has 0 saturated heterocycles. The SMILES string of the molecule is CCO[Si](OCC)c1cccc2c1-c1ccccc1-2. The summed E-state index contributed by atoms with van der Waals surface area (Å²) in [6, 6.07) is 15.0. The smallest absolute Gasteiger partial charge is 0.390 e. The lowest BCUT2D eigenvalue weighted by Crippen LogP contribution is -2.39. The normalized spacial score (nSPS) is 11.9. The summed E-state index contributed by atoms with van der Waals surface area (Å²) in [6.07, 6.45) is 0. The van der Waals surface area contributed by atoms with Crippen LogP contribution in [0.5, 0.6) is 0 Å². The average molecular weight is 269 g/mol. The van der Waals surface area contributed by atoms with E-state index in [0.29, 0.717) is 13.2 Å². The van der Waals surface area contributed by atoms with Gasteiger partial charge in [0.2, 0.25) is 0 Å². The van der Waals surface area contributed by atoms with Crippen LogP contribution in [0.4, 0.5) is 0 Å². The van der Waals surface area contributed by atoms with E-state index in [-0.39, 0.29) is 0 Å². The van der Waals surface area contributed by atoms with Gasteiger partial charge in [-0.15, -0.1) is 0 Å². The molecule has 0 fully saturated rings. The van der Waals surface area contributed by atoms with E-state index >= 15 is 0 Å². The molecule has 19 heavy (non-hydrogen) atoms. The quantitative estimate of drug-likeness (QED) is 0.663. The molecule has 0 bridgehead atoms. The highest BCUT2D eigenvalue weighted by Crippen LogP contribution is 2.45. The molecule has 1 aliphatic rings. The Labute approximate surface area is 115 Å². The Morgan fingerprint density at radius 1 is 0.789 bits per heavy atom. The second kappa shape index (κ2) is 5.29. The third kappa shape index (κ3) is 2.04. The third-order valence-electron chi connectivity index (χ3n) is 3.32. The third-order valence-corrected chi connectivity index (χ3v) is 5.28. The molecule has 0 atom stereocenters. The Kier molecular flexibility index (Phi) is 3.51. The van der Waals surface area contributed by atoms with Crippen molar-refractivity contribution in [2.75, 3.05) is 13.2 Å². The molecule has 97 valence electrons. The minimum Gasteiger partial charge on any atom is -0.390 e. The van der Waals surface area contributed by atoms with Gasteiger partial charge >= 0.3 is 9.28 Å². The van der Waals surface area contributed by atoms with Crippen LogP contribution in [0, 0.1) is 0 Å². The van der Waals surface area contributed by atoms with Gasteiger partial charge in [0.05, 0.1) is 0 Å². The van der Waals surface area contributed by atoms with Crippen molar-refractivity contribution in [2.24, 2.45) is 0 Å². The van der Waals surface area contributed by atoms with Crippen LogP contribution in [-0.2, 0) is 8.85 Å². The zero-order valence-corrected chi connectivity index (χ0v) is 12.3. The van der Waals surface area contributed by atoms with Crippen molar-refractivity contribution in [3.8, 4) is 22.3 Å². The highest BCUT2D eigenvalue weighted by molar-refractivity contribution is 6.64. The fraction of sp³-hybridized carbons (Fsp3) is 0.250. The maximum Gasteiger partial charge on any atom is 0.424 e. The number of benzene rings is 2. The molecule has 0 unspecified atom stereocenters. The van der Waals surface area contributed by atoms with Crippen LogP contribution in [0.2, 0.25) is 0 Å². The first-order valence-electron chi connectivity index (χ1n) is 6.72. The average Bonchev–Trinajstić information content (AvgIpc) is 2.44. The van der Waals surface area contributed by atoms with E-state index < -0.39 is 9.28 Å². The van der Waals surface area contributed by atoms with Crippen molar-refractivity contribution in [3.05, 3.63) is 42.5 Å². The molecule has 1 radical (unpaired) electrons. The maximum atomic E-state index is 5.83. The Balaban J connectivity index is 2.03. The number of rotatable bonds is 5. The Morgan fingerprint density at radius 3 is 2.11 bits per heavy atom. The maximum absolute atomic E-state index is 5.83. The summed E-state index contributed by atoms with van der Waals surface area (Å²) in [6.45, 7) is 5.43. The molecule has 0 saturated carbocycles. The zero-order valence-electron chi connectivity index (χ0n) is 11.3. The molecular weight excluding hydrogens is 252 g/mol. The molecule has 3 heteroatoms. The van der Waals surface area contributed by atoms with Crippen molar-refractivity contribution in [3.63, 3.8) is 0 Å². The predicted octanol–water partition coefficient (Wildman–Crippen LogP) is 3.10. The fourth-order valence-corrected chi connectivity index (χ4v) is 4.19. The van der Waals surface area contributed by atoms with E-state index in [1.54, 1.807) is 0 Å². The summed E-state index contributed by atoms with van der Waals surface area (Å²) in [5.74, 6) is 0. The van der Waals surface area contributed by atoms with Crippen LogP contribution in [0.3, 0.4) is 0 Å².